The van der Waals surface area contributed by atoms with Crippen LogP contribution in [0.4, 0.5) is 5.69 Å². The molecule has 1 heterocycles. The molecule has 0 saturated carbocycles. The van der Waals surface area contributed by atoms with E-state index >= 15 is 0 Å². The summed E-state index contributed by atoms with van der Waals surface area (Å²) in [7, 11) is 0. The zero-order valence-corrected chi connectivity index (χ0v) is 10.1. The summed E-state index contributed by atoms with van der Waals surface area (Å²) in [6, 6.07) is 5.77. The van der Waals surface area contributed by atoms with Crippen LogP contribution in [0.1, 0.15) is 27.2 Å². The van der Waals surface area contributed by atoms with Crippen LogP contribution in [0, 0.1) is 20.8 Å². The van der Waals surface area contributed by atoms with Crippen LogP contribution in [-0.4, -0.2) is 11.1 Å². The van der Waals surface area contributed by atoms with E-state index in [1.54, 1.807) is 6.92 Å². The zero-order valence-electron chi connectivity index (χ0n) is 10.1. The van der Waals surface area contributed by atoms with E-state index in [0.717, 1.165) is 16.8 Å². The molecule has 0 saturated heterocycles. The summed E-state index contributed by atoms with van der Waals surface area (Å²) in [5.74, 6) is -0.0218. The minimum absolute atomic E-state index is 0.253. The van der Waals surface area contributed by atoms with Crippen molar-refractivity contribution in [3.8, 4) is 0 Å². The van der Waals surface area contributed by atoms with Crippen LogP contribution < -0.4 is 5.32 Å². The average molecular weight is 230 g/mol. The first-order valence-corrected chi connectivity index (χ1v) is 5.38. The molecule has 0 bridgehead atoms. The van der Waals surface area contributed by atoms with Crippen LogP contribution in [0.25, 0.3) is 0 Å². The van der Waals surface area contributed by atoms with Gasteiger partial charge in [-0.1, -0.05) is 11.2 Å². The standard InChI is InChI=1S/C13H14N2O2/c1-8-4-5-11(6-9(8)2)15-13(16)12-10(3)7-14-17-12/h4-7H,1-3H3,(H,15,16). The van der Waals surface area contributed by atoms with Gasteiger partial charge in [0, 0.05) is 11.3 Å². The normalized spacial score (nSPS) is 10.3. The number of hydrogen-bond acceptors (Lipinski definition) is 3. The van der Waals surface area contributed by atoms with Crippen LogP contribution in [0.15, 0.2) is 28.9 Å². The predicted molar refractivity (Wildman–Crippen MR) is 65.1 cm³/mol. The third-order valence-electron chi connectivity index (χ3n) is 2.72. The van der Waals surface area contributed by atoms with Crippen molar-refractivity contribution in [1.82, 2.24) is 5.16 Å². The molecule has 2 aromatic rings. The Labute approximate surface area is 99.6 Å². The lowest BCUT2D eigenvalue weighted by Gasteiger charge is -2.06. The van der Waals surface area contributed by atoms with Crippen LogP contribution in [0.2, 0.25) is 0 Å². The van der Waals surface area contributed by atoms with E-state index in [-0.39, 0.29) is 11.7 Å². The Morgan fingerprint density at radius 1 is 1.18 bits per heavy atom. The van der Waals surface area contributed by atoms with E-state index in [1.807, 2.05) is 32.0 Å². The molecule has 0 aliphatic rings. The number of nitrogens with one attached hydrogen (secondary N) is 1. The van der Waals surface area contributed by atoms with Crippen LogP contribution >= 0.6 is 0 Å². The summed E-state index contributed by atoms with van der Waals surface area (Å²) in [4.78, 5) is 11.8. The Hall–Kier alpha value is -2.10. The average Bonchev–Trinajstić information content (AvgIpc) is 2.70. The lowest BCUT2D eigenvalue weighted by molar-refractivity contribution is 0.0987. The topological polar surface area (TPSA) is 55.1 Å². The first-order valence-electron chi connectivity index (χ1n) is 5.38. The van der Waals surface area contributed by atoms with E-state index in [9.17, 15) is 4.79 Å². The van der Waals surface area contributed by atoms with E-state index in [4.69, 9.17) is 4.52 Å². The summed E-state index contributed by atoms with van der Waals surface area (Å²) < 4.78 is 4.89. The summed E-state index contributed by atoms with van der Waals surface area (Å²) in [5, 5.41) is 6.36. The summed E-state index contributed by atoms with van der Waals surface area (Å²) >= 11 is 0. The van der Waals surface area contributed by atoms with Gasteiger partial charge < -0.3 is 9.84 Å². The Morgan fingerprint density at radius 2 is 1.94 bits per heavy atom. The maximum atomic E-state index is 11.8. The first-order chi connectivity index (χ1) is 8.08. The molecule has 0 aliphatic heterocycles. The molecule has 0 fully saturated rings. The van der Waals surface area contributed by atoms with Crippen molar-refractivity contribution in [3.63, 3.8) is 0 Å². The molecule has 1 aromatic carbocycles. The number of aryl methyl sites for hydroxylation is 3. The largest absolute Gasteiger partial charge is 0.351 e. The highest BCUT2D eigenvalue weighted by molar-refractivity contribution is 6.03. The third-order valence-corrected chi connectivity index (χ3v) is 2.72. The van der Waals surface area contributed by atoms with Gasteiger partial charge in [0.2, 0.25) is 5.76 Å². The summed E-state index contributed by atoms with van der Waals surface area (Å²) in [6.07, 6.45) is 1.52. The van der Waals surface area contributed by atoms with Gasteiger partial charge in [-0.25, -0.2) is 0 Å². The molecule has 1 aromatic heterocycles. The van der Waals surface area contributed by atoms with Gasteiger partial charge in [-0.3, -0.25) is 4.79 Å². The number of amides is 1. The van der Waals surface area contributed by atoms with E-state index < -0.39 is 0 Å². The van der Waals surface area contributed by atoms with E-state index in [2.05, 4.69) is 10.5 Å². The van der Waals surface area contributed by atoms with Crippen molar-refractivity contribution in [1.29, 1.82) is 0 Å². The minimum atomic E-state index is -0.275. The van der Waals surface area contributed by atoms with Gasteiger partial charge in [0.15, 0.2) is 0 Å². The second kappa shape index (κ2) is 4.41. The Morgan fingerprint density at radius 3 is 2.53 bits per heavy atom. The molecular formula is C13H14N2O2. The van der Waals surface area contributed by atoms with Gasteiger partial charge in [-0.05, 0) is 44.0 Å². The van der Waals surface area contributed by atoms with Crippen LogP contribution in [0.5, 0.6) is 0 Å². The van der Waals surface area contributed by atoms with E-state index in [0.29, 0.717) is 0 Å². The molecule has 0 aliphatic carbocycles. The fourth-order valence-electron chi connectivity index (χ4n) is 1.52. The quantitative estimate of drug-likeness (QED) is 0.863. The smallest absolute Gasteiger partial charge is 0.294 e. The predicted octanol–water partition coefficient (Wildman–Crippen LogP) is 2.85. The SMILES string of the molecule is Cc1ccc(NC(=O)c2oncc2C)cc1C. The molecule has 4 nitrogen and oxygen atoms in total. The van der Waals surface area contributed by atoms with Gasteiger partial charge >= 0.3 is 0 Å². The molecule has 0 unspecified atom stereocenters. The molecule has 4 heteroatoms. The number of carbonyl (C=O) groups excluding carboxylic acids is 1. The maximum absolute atomic E-state index is 11.8. The highest BCUT2D eigenvalue weighted by Crippen LogP contribution is 2.16. The van der Waals surface area contributed by atoms with Crippen molar-refractivity contribution in [3.05, 3.63) is 46.8 Å². The highest BCUT2D eigenvalue weighted by Gasteiger charge is 2.14. The first kappa shape index (κ1) is 11.4. The number of hydrogen-bond donors (Lipinski definition) is 1. The van der Waals surface area contributed by atoms with Gasteiger partial charge in [-0.2, -0.15) is 0 Å². The molecule has 17 heavy (non-hydrogen) atoms. The van der Waals surface area contributed by atoms with Crippen molar-refractivity contribution < 1.29 is 9.32 Å². The van der Waals surface area contributed by atoms with Gasteiger partial charge in [0.25, 0.3) is 5.91 Å². The second-order valence-corrected chi connectivity index (χ2v) is 4.09. The van der Waals surface area contributed by atoms with Crippen molar-refractivity contribution in [2.45, 2.75) is 20.8 Å². The molecule has 0 radical (unpaired) electrons. The lowest BCUT2D eigenvalue weighted by Crippen LogP contribution is -2.12. The minimum Gasteiger partial charge on any atom is -0.351 e. The van der Waals surface area contributed by atoms with Crippen LogP contribution in [-0.2, 0) is 0 Å². The Kier molecular flexibility index (Phi) is 2.95. The number of nitrogens with zero attached hydrogens (tertiary/aromatic N) is 1. The molecule has 0 spiro atoms. The molecular weight excluding hydrogens is 216 g/mol. The monoisotopic (exact) mass is 230 g/mol. The molecule has 2 rings (SSSR count). The summed E-state index contributed by atoms with van der Waals surface area (Å²) in [5.41, 5.74) is 3.82. The fraction of sp³-hybridized carbons (Fsp3) is 0.231. The number of benzene rings is 1. The number of rotatable bonds is 2. The molecule has 1 N–H and O–H groups in total. The molecule has 1 amide bonds. The van der Waals surface area contributed by atoms with Gasteiger partial charge in [0.05, 0.1) is 6.20 Å². The Balaban J connectivity index is 2.19. The Bertz CT molecular complexity index is 558. The molecule has 88 valence electrons. The number of anilines is 1. The third kappa shape index (κ3) is 2.36. The van der Waals surface area contributed by atoms with Gasteiger partial charge in [-0.15, -0.1) is 0 Å². The second-order valence-electron chi connectivity index (χ2n) is 4.09. The number of aromatic nitrogens is 1. The zero-order chi connectivity index (χ0) is 12.4. The lowest BCUT2D eigenvalue weighted by atomic mass is 10.1. The van der Waals surface area contributed by atoms with Crippen molar-refractivity contribution in [2.24, 2.45) is 0 Å². The van der Waals surface area contributed by atoms with Crippen molar-refractivity contribution in [2.75, 3.05) is 5.32 Å². The molecule has 0 atom stereocenters. The maximum Gasteiger partial charge on any atom is 0.294 e. The number of carbonyl (C=O) groups is 1. The van der Waals surface area contributed by atoms with E-state index in [1.165, 1.54) is 11.8 Å². The van der Waals surface area contributed by atoms with Gasteiger partial charge in [0.1, 0.15) is 0 Å². The highest BCUT2D eigenvalue weighted by atomic mass is 16.5. The van der Waals surface area contributed by atoms with Crippen molar-refractivity contribution >= 4 is 11.6 Å². The van der Waals surface area contributed by atoms with Crippen LogP contribution in [0.3, 0.4) is 0 Å². The fourth-order valence-corrected chi connectivity index (χ4v) is 1.52. The summed E-state index contributed by atoms with van der Waals surface area (Å²) in [6.45, 7) is 5.82.